The topological polar surface area (TPSA) is 50.4 Å². The summed E-state index contributed by atoms with van der Waals surface area (Å²) < 4.78 is 19.2. The van der Waals surface area contributed by atoms with Gasteiger partial charge in [-0.25, -0.2) is 4.39 Å². The van der Waals surface area contributed by atoms with E-state index in [2.05, 4.69) is 33.5 Å². The van der Waals surface area contributed by atoms with Gasteiger partial charge in [0.25, 0.3) is 5.91 Å². The summed E-state index contributed by atoms with van der Waals surface area (Å²) in [6.07, 6.45) is 2.02. The Kier molecular flexibility index (Phi) is 7.33. The molecule has 25 heavy (non-hydrogen) atoms. The van der Waals surface area contributed by atoms with Crippen LogP contribution in [0.25, 0.3) is 0 Å². The molecule has 0 fully saturated rings. The molecule has 0 aliphatic heterocycles. The zero-order valence-electron chi connectivity index (χ0n) is 13.6. The van der Waals surface area contributed by atoms with E-state index in [1.54, 1.807) is 18.2 Å². The fourth-order valence-electron chi connectivity index (χ4n) is 1.96. The summed E-state index contributed by atoms with van der Waals surface area (Å²) >= 11 is 8.51. The van der Waals surface area contributed by atoms with Crippen molar-refractivity contribution in [3.8, 4) is 5.75 Å². The highest BCUT2D eigenvalue weighted by atomic mass is 79.9. The number of carbonyl (C=O) groups is 1. The summed E-state index contributed by atoms with van der Waals surface area (Å²) in [5.41, 5.74) is 1.03. The van der Waals surface area contributed by atoms with E-state index < -0.39 is 0 Å². The van der Waals surface area contributed by atoms with Gasteiger partial charge in [-0.1, -0.05) is 13.3 Å². The van der Waals surface area contributed by atoms with Crippen LogP contribution in [0.2, 0.25) is 0 Å². The molecule has 0 aromatic heterocycles. The van der Waals surface area contributed by atoms with Crippen LogP contribution in [0.3, 0.4) is 0 Å². The molecule has 132 valence electrons. The molecule has 2 aromatic rings. The molecule has 0 saturated heterocycles. The molecule has 0 heterocycles. The largest absolute Gasteiger partial charge is 0.492 e. The van der Waals surface area contributed by atoms with Gasteiger partial charge in [-0.05, 0) is 77.0 Å². The number of hydrogen-bond acceptors (Lipinski definition) is 3. The second-order valence-electron chi connectivity index (χ2n) is 5.26. The van der Waals surface area contributed by atoms with Crippen molar-refractivity contribution in [1.82, 2.24) is 5.32 Å². The Bertz CT molecular complexity index is 753. The molecular weight excluding hydrogens is 407 g/mol. The molecule has 2 N–H and O–H groups in total. The zero-order valence-corrected chi connectivity index (χ0v) is 16.0. The van der Waals surface area contributed by atoms with Crippen molar-refractivity contribution in [2.45, 2.75) is 19.8 Å². The van der Waals surface area contributed by atoms with Crippen molar-refractivity contribution >= 4 is 44.9 Å². The van der Waals surface area contributed by atoms with E-state index in [1.165, 1.54) is 24.3 Å². The summed E-state index contributed by atoms with van der Waals surface area (Å²) in [5.74, 6) is 0.00373. The predicted octanol–water partition coefficient (Wildman–Crippen LogP) is 4.89. The third-order valence-electron chi connectivity index (χ3n) is 3.28. The summed E-state index contributed by atoms with van der Waals surface area (Å²) in [7, 11) is 0. The number of carbonyl (C=O) groups excluding carboxylic acids is 1. The molecule has 7 heteroatoms. The van der Waals surface area contributed by atoms with Crippen LogP contribution in [0.15, 0.2) is 46.9 Å². The molecule has 0 saturated carbocycles. The average molecular weight is 425 g/mol. The van der Waals surface area contributed by atoms with E-state index in [9.17, 15) is 9.18 Å². The van der Waals surface area contributed by atoms with Gasteiger partial charge in [0.2, 0.25) is 0 Å². The minimum atomic E-state index is -0.347. The smallest absolute Gasteiger partial charge is 0.257 e. The van der Waals surface area contributed by atoms with E-state index in [4.69, 9.17) is 17.0 Å². The molecule has 0 unspecified atom stereocenters. The van der Waals surface area contributed by atoms with Gasteiger partial charge in [0.05, 0.1) is 11.1 Å². The minimum Gasteiger partial charge on any atom is -0.492 e. The van der Waals surface area contributed by atoms with E-state index in [1.807, 2.05) is 0 Å². The number of benzene rings is 2. The maximum Gasteiger partial charge on any atom is 0.257 e. The molecule has 0 aliphatic rings. The quantitative estimate of drug-likeness (QED) is 0.511. The lowest BCUT2D eigenvalue weighted by Gasteiger charge is -2.11. The molecular formula is C18H18BrFN2O2S. The van der Waals surface area contributed by atoms with Gasteiger partial charge in [0.1, 0.15) is 11.6 Å². The number of unbranched alkanes of at least 4 members (excludes halogenated alkanes) is 1. The maximum absolute atomic E-state index is 12.9. The van der Waals surface area contributed by atoms with Gasteiger partial charge < -0.3 is 10.1 Å². The van der Waals surface area contributed by atoms with Crippen LogP contribution >= 0.6 is 28.1 Å². The highest BCUT2D eigenvalue weighted by Crippen LogP contribution is 2.26. The van der Waals surface area contributed by atoms with Crippen LogP contribution in [0.5, 0.6) is 5.75 Å². The maximum atomic E-state index is 12.9. The molecule has 0 radical (unpaired) electrons. The van der Waals surface area contributed by atoms with Crippen molar-refractivity contribution in [3.05, 3.63) is 58.3 Å². The molecule has 0 aliphatic carbocycles. The third-order valence-corrected chi connectivity index (χ3v) is 4.10. The van der Waals surface area contributed by atoms with Crippen LogP contribution in [0.1, 0.15) is 30.1 Å². The average Bonchev–Trinajstić information content (AvgIpc) is 2.58. The van der Waals surface area contributed by atoms with Crippen molar-refractivity contribution in [3.63, 3.8) is 0 Å². The molecule has 2 aromatic carbocycles. The Hall–Kier alpha value is -1.99. The summed E-state index contributed by atoms with van der Waals surface area (Å²) in [5, 5.41) is 5.55. The standard InChI is InChI=1S/C18H18BrFN2O2S/c1-2-3-10-24-16-9-4-12(11-15(16)19)17(23)22-18(25)21-14-7-5-13(20)6-8-14/h4-9,11H,2-3,10H2,1H3,(H2,21,22,23,25). The summed E-state index contributed by atoms with van der Waals surface area (Å²) in [6, 6.07) is 10.8. The van der Waals surface area contributed by atoms with Crippen LogP contribution < -0.4 is 15.4 Å². The first-order valence-corrected chi connectivity index (χ1v) is 9.00. The first kappa shape index (κ1) is 19.3. The summed E-state index contributed by atoms with van der Waals surface area (Å²) in [6.45, 7) is 2.72. The van der Waals surface area contributed by atoms with E-state index in [-0.39, 0.29) is 16.8 Å². The molecule has 2 rings (SSSR count). The van der Waals surface area contributed by atoms with Gasteiger partial charge in [0.15, 0.2) is 5.11 Å². The molecule has 0 atom stereocenters. The number of hydrogen-bond donors (Lipinski definition) is 2. The Morgan fingerprint density at radius 1 is 1.24 bits per heavy atom. The Morgan fingerprint density at radius 3 is 2.60 bits per heavy atom. The Labute approximate surface area is 159 Å². The predicted molar refractivity (Wildman–Crippen MR) is 105 cm³/mol. The third kappa shape index (κ3) is 6.10. The van der Waals surface area contributed by atoms with Crippen LogP contribution in [-0.2, 0) is 0 Å². The number of anilines is 1. The fourth-order valence-corrected chi connectivity index (χ4v) is 2.66. The highest BCUT2D eigenvalue weighted by molar-refractivity contribution is 9.10. The van der Waals surface area contributed by atoms with Crippen molar-refractivity contribution in [2.24, 2.45) is 0 Å². The van der Waals surface area contributed by atoms with Crippen molar-refractivity contribution < 1.29 is 13.9 Å². The monoisotopic (exact) mass is 424 g/mol. The minimum absolute atomic E-state index is 0.135. The second-order valence-corrected chi connectivity index (χ2v) is 6.52. The van der Waals surface area contributed by atoms with Crippen molar-refractivity contribution in [1.29, 1.82) is 0 Å². The Balaban J connectivity index is 1.94. The summed E-state index contributed by atoms with van der Waals surface area (Å²) in [4.78, 5) is 12.3. The van der Waals surface area contributed by atoms with E-state index in [0.717, 1.165) is 12.8 Å². The normalized spacial score (nSPS) is 10.2. The van der Waals surface area contributed by atoms with Gasteiger partial charge in [-0.3, -0.25) is 10.1 Å². The second kappa shape index (κ2) is 9.48. The number of nitrogens with one attached hydrogen (secondary N) is 2. The van der Waals surface area contributed by atoms with Gasteiger partial charge >= 0.3 is 0 Å². The van der Waals surface area contributed by atoms with Gasteiger partial charge in [0, 0.05) is 11.3 Å². The SMILES string of the molecule is CCCCOc1ccc(C(=O)NC(=S)Nc2ccc(F)cc2)cc1Br. The van der Waals surface area contributed by atoms with Crippen molar-refractivity contribution in [2.75, 3.05) is 11.9 Å². The first-order valence-electron chi connectivity index (χ1n) is 7.80. The first-order chi connectivity index (χ1) is 12.0. The highest BCUT2D eigenvalue weighted by Gasteiger charge is 2.11. The Morgan fingerprint density at radius 2 is 1.96 bits per heavy atom. The molecule has 0 spiro atoms. The van der Waals surface area contributed by atoms with Gasteiger partial charge in [-0.2, -0.15) is 0 Å². The molecule has 0 bridgehead atoms. The number of thiocarbonyl (C=S) groups is 1. The van der Waals surface area contributed by atoms with E-state index in [0.29, 0.717) is 28.1 Å². The lowest BCUT2D eigenvalue weighted by Crippen LogP contribution is -2.34. The number of rotatable bonds is 6. The lowest BCUT2D eigenvalue weighted by molar-refractivity contribution is 0.0977. The fraction of sp³-hybridized carbons (Fsp3) is 0.222. The van der Waals surface area contributed by atoms with Crippen LogP contribution in [0.4, 0.5) is 10.1 Å². The van der Waals surface area contributed by atoms with Gasteiger partial charge in [-0.15, -0.1) is 0 Å². The zero-order chi connectivity index (χ0) is 18.2. The van der Waals surface area contributed by atoms with E-state index >= 15 is 0 Å². The van der Waals surface area contributed by atoms with Crippen LogP contribution in [0, 0.1) is 5.82 Å². The lowest BCUT2D eigenvalue weighted by atomic mass is 10.2. The molecule has 1 amide bonds. The number of halogens is 2. The molecule has 4 nitrogen and oxygen atoms in total. The number of ether oxygens (including phenoxy) is 1. The number of amides is 1. The van der Waals surface area contributed by atoms with Crippen LogP contribution in [-0.4, -0.2) is 17.6 Å².